The van der Waals surface area contributed by atoms with E-state index in [0.29, 0.717) is 6.54 Å². The maximum absolute atomic E-state index is 11.0. The Morgan fingerprint density at radius 2 is 2.06 bits per heavy atom. The summed E-state index contributed by atoms with van der Waals surface area (Å²) in [6, 6.07) is 0. The van der Waals surface area contributed by atoms with Crippen LogP contribution in [0, 0.1) is 0 Å². The van der Waals surface area contributed by atoms with Crippen LogP contribution in [-0.4, -0.2) is 55.5 Å². The second kappa shape index (κ2) is 8.35. The van der Waals surface area contributed by atoms with Crippen molar-refractivity contribution < 1.29 is 14.6 Å². The molecule has 1 aliphatic heterocycles. The van der Waals surface area contributed by atoms with Gasteiger partial charge in [-0.05, 0) is 38.9 Å². The van der Waals surface area contributed by atoms with Crippen LogP contribution < -0.4 is 5.32 Å². The van der Waals surface area contributed by atoms with E-state index in [-0.39, 0.29) is 13.2 Å². The summed E-state index contributed by atoms with van der Waals surface area (Å²) in [5.41, 5.74) is 0. The van der Waals surface area contributed by atoms with Crippen LogP contribution in [0.2, 0.25) is 0 Å². The number of rotatable bonds is 6. The van der Waals surface area contributed by atoms with Gasteiger partial charge in [0.1, 0.15) is 6.61 Å². The molecule has 0 aliphatic carbocycles. The van der Waals surface area contributed by atoms with Crippen molar-refractivity contribution in [3.8, 4) is 0 Å². The van der Waals surface area contributed by atoms with Crippen LogP contribution in [0.25, 0.3) is 0 Å². The van der Waals surface area contributed by atoms with Gasteiger partial charge in [-0.1, -0.05) is 6.42 Å². The molecule has 1 amide bonds. The number of piperidine rings is 1. The molecule has 2 N–H and O–H groups in total. The zero-order valence-electron chi connectivity index (χ0n) is 9.78. The summed E-state index contributed by atoms with van der Waals surface area (Å²) in [7, 11) is 0. The number of hydrogen-bond donors (Lipinski definition) is 2. The van der Waals surface area contributed by atoms with Crippen LogP contribution >= 0.6 is 0 Å². The van der Waals surface area contributed by atoms with Gasteiger partial charge < -0.3 is 20.1 Å². The smallest absolute Gasteiger partial charge is 0.407 e. The summed E-state index contributed by atoms with van der Waals surface area (Å²) in [5.74, 6) is 0. The number of nitrogens with one attached hydrogen (secondary N) is 1. The molecule has 16 heavy (non-hydrogen) atoms. The SMILES string of the molecule is O=C(NCCCN1CCCCC1)OCCO. The van der Waals surface area contributed by atoms with Crippen LogP contribution in [0.3, 0.4) is 0 Å². The molecule has 0 aromatic carbocycles. The number of alkyl carbamates (subject to hydrolysis) is 1. The molecule has 0 aromatic rings. The fourth-order valence-electron chi connectivity index (χ4n) is 1.87. The second-order valence-electron chi connectivity index (χ2n) is 4.04. The molecule has 1 saturated heterocycles. The van der Waals surface area contributed by atoms with Crippen LogP contribution in [0.5, 0.6) is 0 Å². The largest absolute Gasteiger partial charge is 0.447 e. The maximum Gasteiger partial charge on any atom is 0.407 e. The quantitative estimate of drug-likeness (QED) is 0.655. The van der Waals surface area contributed by atoms with Gasteiger partial charge in [-0.25, -0.2) is 4.79 Å². The highest BCUT2D eigenvalue weighted by Gasteiger charge is 2.09. The van der Waals surface area contributed by atoms with Gasteiger partial charge >= 0.3 is 6.09 Å². The van der Waals surface area contributed by atoms with Crippen LogP contribution in [0.1, 0.15) is 25.7 Å². The highest BCUT2D eigenvalue weighted by molar-refractivity contribution is 5.66. The monoisotopic (exact) mass is 230 g/mol. The molecular weight excluding hydrogens is 208 g/mol. The summed E-state index contributed by atoms with van der Waals surface area (Å²) in [6.45, 7) is 4.00. The molecule has 1 fully saturated rings. The van der Waals surface area contributed by atoms with Gasteiger partial charge in [0.25, 0.3) is 0 Å². The third-order valence-electron chi connectivity index (χ3n) is 2.69. The number of likely N-dealkylation sites (tertiary alicyclic amines) is 1. The normalized spacial score (nSPS) is 17.1. The first-order valence-electron chi connectivity index (χ1n) is 6.07. The Morgan fingerprint density at radius 1 is 1.31 bits per heavy atom. The van der Waals surface area contributed by atoms with Gasteiger partial charge in [-0.2, -0.15) is 0 Å². The highest BCUT2D eigenvalue weighted by atomic mass is 16.6. The molecule has 1 heterocycles. The standard InChI is InChI=1S/C11H22N2O3/c14-9-10-16-11(15)12-5-4-8-13-6-2-1-3-7-13/h14H,1-10H2,(H,12,15). The zero-order chi connectivity index (χ0) is 11.6. The second-order valence-corrected chi connectivity index (χ2v) is 4.04. The van der Waals surface area contributed by atoms with E-state index in [1.807, 2.05) is 0 Å². The van der Waals surface area contributed by atoms with Crippen molar-refractivity contribution in [3.05, 3.63) is 0 Å². The molecule has 0 spiro atoms. The number of amides is 1. The van der Waals surface area contributed by atoms with Gasteiger partial charge in [-0.15, -0.1) is 0 Å². The Morgan fingerprint density at radius 3 is 2.75 bits per heavy atom. The fourth-order valence-corrected chi connectivity index (χ4v) is 1.87. The van der Waals surface area contributed by atoms with Crippen LogP contribution in [-0.2, 0) is 4.74 Å². The van der Waals surface area contributed by atoms with Crippen LogP contribution in [0.15, 0.2) is 0 Å². The molecule has 0 atom stereocenters. The number of carbonyl (C=O) groups excluding carboxylic acids is 1. The average molecular weight is 230 g/mol. The van der Waals surface area contributed by atoms with E-state index < -0.39 is 6.09 Å². The first kappa shape index (κ1) is 13.3. The van der Waals surface area contributed by atoms with Gasteiger partial charge in [0.15, 0.2) is 0 Å². The van der Waals surface area contributed by atoms with Crippen molar-refractivity contribution in [2.45, 2.75) is 25.7 Å². The lowest BCUT2D eigenvalue weighted by Gasteiger charge is -2.26. The van der Waals surface area contributed by atoms with Crippen molar-refractivity contribution >= 4 is 6.09 Å². The van der Waals surface area contributed by atoms with Crippen molar-refractivity contribution in [1.29, 1.82) is 0 Å². The first-order valence-corrected chi connectivity index (χ1v) is 6.07. The van der Waals surface area contributed by atoms with E-state index in [9.17, 15) is 4.79 Å². The Bertz CT molecular complexity index is 194. The Balaban J connectivity index is 1.92. The molecule has 1 rings (SSSR count). The molecule has 0 saturated carbocycles. The molecule has 1 aliphatic rings. The third-order valence-corrected chi connectivity index (χ3v) is 2.69. The summed E-state index contributed by atoms with van der Waals surface area (Å²) in [6.07, 6.45) is 4.46. The van der Waals surface area contributed by atoms with Crippen LogP contribution in [0.4, 0.5) is 4.79 Å². The number of nitrogens with zero attached hydrogens (tertiary/aromatic N) is 1. The van der Waals surface area contributed by atoms with Gasteiger partial charge in [-0.3, -0.25) is 0 Å². The van der Waals surface area contributed by atoms with Crippen molar-refractivity contribution in [2.75, 3.05) is 39.4 Å². The Hall–Kier alpha value is -0.810. The molecule has 5 heteroatoms. The summed E-state index contributed by atoms with van der Waals surface area (Å²) in [5, 5.41) is 11.1. The molecule has 0 unspecified atom stereocenters. The Labute approximate surface area is 96.8 Å². The molecule has 0 radical (unpaired) electrons. The van der Waals surface area contributed by atoms with E-state index in [1.165, 1.54) is 32.4 Å². The number of ether oxygens (including phenoxy) is 1. The van der Waals surface area contributed by atoms with Crippen molar-refractivity contribution in [2.24, 2.45) is 0 Å². The maximum atomic E-state index is 11.0. The predicted octanol–water partition coefficient (Wildman–Crippen LogP) is 0.581. The minimum Gasteiger partial charge on any atom is -0.447 e. The van der Waals surface area contributed by atoms with E-state index in [2.05, 4.69) is 15.0 Å². The predicted molar refractivity (Wildman–Crippen MR) is 61.3 cm³/mol. The molecule has 5 nitrogen and oxygen atoms in total. The first-order chi connectivity index (χ1) is 7.83. The minimum absolute atomic E-state index is 0.0674. The average Bonchev–Trinajstić information content (AvgIpc) is 2.33. The van der Waals surface area contributed by atoms with Crippen molar-refractivity contribution in [1.82, 2.24) is 10.2 Å². The Kier molecular flexibility index (Phi) is 6.92. The van der Waals surface area contributed by atoms with E-state index in [1.54, 1.807) is 0 Å². The lowest BCUT2D eigenvalue weighted by Crippen LogP contribution is -2.33. The van der Waals surface area contributed by atoms with E-state index in [4.69, 9.17) is 5.11 Å². The van der Waals surface area contributed by atoms with Gasteiger partial charge in [0.05, 0.1) is 6.61 Å². The number of aliphatic hydroxyl groups is 1. The molecule has 0 aromatic heterocycles. The van der Waals surface area contributed by atoms with E-state index in [0.717, 1.165) is 13.0 Å². The summed E-state index contributed by atoms with van der Waals surface area (Å²) >= 11 is 0. The lowest BCUT2D eigenvalue weighted by atomic mass is 10.1. The molecule has 94 valence electrons. The molecular formula is C11H22N2O3. The topological polar surface area (TPSA) is 61.8 Å². The fraction of sp³-hybridized carbons (Fsp3) is 0.909. The lowest BCUT2D eigenvalue weighted by molar-refractivity contribution is 0.118. The summed E-state index contributed by atoms with van der Waals surface area (Å²) in [4.78, 5) is 13.4. The summed E-state index contributed by atoms with van der Waals surface area (Å²) < 4.78 is 4.67. The number of aliphatic hydroxyl groups excluding tert-OH is 1. The van der Waals surface area contributed by atoms with Gasteiger partial charge in [0, 0.05) is 6.54 Å². The van der Waals surface area contributed by atoms with Gasteiger partial charge in [0.2, 0.25) is 0 Å². The molecule has 0 bridgehead atoms. The minimum atomic E-state index is -0.437. The number of hydrogen-bond acceptors (Lipinski definition) is 4. The van der Waals surface area contributed by atoms with E-state index >= 15 is 0 Å². The highest BCUT2D eigenvalue weighted by Crippen LogP contribution is 2.08. The third kappa shape index (κ3) is 5.92. The zero-order valence-corrected chi connectivity index (χ0v) is 9.78. The number of carbonyl (C=O) groups is 1. The van der Waals surface area contributed by atoms with Crippen molar-refractivity contribution in [3.63, 3.8) is 0 Å².